The number of ether oxygens (including phenoxy) is 3. The molecule has 0 saturated carbocycles. The number of piperidine rings is 3. The molecule has 6 fully saturated rings. The fourth-order valence-electron chi connectivity index (χ4n) is 12.2. The molecule has 462 valence electrons. The summed E-state index contributed by atoms with van der Waals surface area (Å²) in [6.45, 7) is 18.6. The first-order valence-corrected chi connectivity index (χ1v) is 40.1. The number of benzene rings is 2. The van der Waals surface area contributed by atoms with Crippen LogP contribution in [0.15, 0.2) is 99.4 Å². The summed E-state index contributed by atoms with van der Waals surface area (Å²) >= 11 is 3.60. The fourth-order valence-corrected chi connectivity index (χ4v) is 12.2. The van der Waals surface area contributed by atoms with Crippen molar-refractivity contribution in [1.82, 2.24) is 49.6 Å². The molecule has 10 heterocycles. The molecular weight excluding hydrogens is 1310 g/mol. The van der Waals surface area contributed by atoms with Gasteiger partial charge in [-0.25, -0.2) is 19.3 Å². The van der Waals surface area contributed by atoms with Gasteiger partial charge in [0.25, 0.3) is 16.7 Å². The molecule has 6 saturated heterocycles. The minimum absolute atomic E-state index is 0. The van der Waals surface area contributed by atoms with E-state index < -0.39 is 0 Å². The van der Waals surface area contributed by atoms with Gasteiger partial charge in [0.15, 0.2) is 0 Å². The summed E-state index contributed by atoms with van der Waals surface area (Å²) < 4.78 is 29.0. The van der Waals surface area contributed by atoms with E-state index >= 15 is 0 Å². The predicted octanol–water partition coefficient (Wildman–Crippen LogP) is 8.36. The fraction of sp³-hybridized carbons (Fsp3) is 0.547. The van der Waals surface area contributed by atoms with Gasteiger partial charge in [0, 0.05) is 107 Å². The van der Waals surface area contributed by atoms with E-state index in [1.165, 1.54) is 62.0 Å². The first-order chi connectivity index (χ1) is 41.6. The monoisotopic (exact) mass is 1400 g/mol. The average molecular weight is 1400 g/mol. The Labute approximate surface area is 530 Å². The first kappa shape index (κ1) is 66.7. The van der Waals surface area contributed by atoms with E-state index in [2.05, 4.69) is 98.7 Å². The van der Waals surface area contributed by atoms with Gasteiger partial charge in [0.05, 0.1) is 50.6 Å². The zero-order chi connectivity index (χ0) is 59.3. The van der Waals surface area contributed by atoms with E-state index in [1.54, 1.807) is 25.3 Å². The molecule has 3 N–H and O–H groups in total. The first-order valence-electron chi connectivity index (χ1n) is 30.5. The Morgan fingerprint density at radius 2 is 0.895 bits per heavy atom. The topological polar surface area (TPSA) is 197 Å². The molecular formula is C64H88FIInN13O6. The Morgan fingerprint density at radius 1 is 0.535 bits per heavy atom. The van der Waals surface area contributed by atoms with Crippen molar-refractivity contribution in [3.05, 3.63) is 161 Å². The zero-order valence-electron chi connectivity index (χ0n) is 49.6. The van der Waals surface area contributed by atoms with Crippen molar-refractivity contribution in [3.8, 4) is 5.75 Å². The molecule has 0 atom stereocenters. The Morgan fingerprint density at radius 3 is 1.26 bits per heavy atom. The van der Waals surface area contributed by atoms with Crippen molar-refractivity contribution >= 4 is 56.2 Å². The van der Waals surface area contributed by atoms with Crippen LogP contribution < -0.4 is 36.1 Å². The van der Waals surface area contributed by atoms with Gasteiger partial charge < -0.3 is 28.9 Å². The maximum atomic E-state index is 13.0. The number of likely N-dealkylation sites (tertiary alicyclic amines) is 3. The number of pyridine rings is 1. The molecule has 0 unspecified atom stereocenters. The van der Waals surface area contributed by atoms with Crippen LogP contribution in [0.3, 0.4) is 0 Å². The molecule has 2 aromatic carbocycles. The van der Waals surface area contributed by atoms with Crippen molar-refractivity contribution < 1.29 is 18.6 Å². The van der Waals surface area contributed by atoms with Crippen LogP contribution in [0, 0.1) is 5.82 Å². The van der Waals surface area contributed by atoms with Gasteiger partial charge in [0.2, 0.25) is 17.8 Å². The molecule has 6 aliphatic rings. The van der Waals surface area contributed by atoms with Gasteiger partial charge in [-0.3, -0.25) is 49.0 Å². The summed E-state index contributed by atoms with van der Waals surface area (Å²) in [5.74, 6) is 3.82. The van der Waals surface area contributed by atoms with Gasteiger partial charge >= 0.3 is 38.4 Å². The van der Waals surface area contributed by atoms with E-state index in [4.69, 9.17) is 29.2 Å². The molecule has 4 aromatic heterocycles. The molecule has 2 radical (unpaired) electrons. The average Bonchev–Trinajstić information content (AvgIpc) is 4.18. The number of morpholine rings is 2. The van der Waals surface area contributed by atoms with E-state index in [-0.39, 0.29) is 29.9 Å². The third-order valence-corrected chi connectivity index (χ3v) is 17.0. The standard InChI is InChI=1S/C22H31N5O.C21H28N4O3.C20H25FN4O2.CH4.HI.In/c1-2-5-19-7-6-17(15-23-19)16-26-12-8-18(9-13-26)20-14-21(28)25-22(24-20)27-10-3-4-11-27;1-27-18-4-2-16(3-5-18)15-24-8-6-17(7-9-24)19-14-20(26)23-21(22-19)25-10-12-28-13-11-25;21-17-3-1-15(2-4-17)14-24-7-5-16(6-8-24)18-13-19(26)23-20(22-18)25-9-11-27-12-10-25;;;/h6-7,14-15,18H,2-5,8-13,16H2,1H3,(H,24,25,28);2-5,14,17H,6-13,15H2,1H3,(H,22,23,26);1-4,13,16H,5-12,14H2,(H,22,23,26);1H4;1H;/q;;;;;+1/p-1. The molecule has 6 aliphatic heterocycles. The Bertz CT molecular complexity index is 3140. The SMILES string of the molecule is C.CCCc1ccc(CN2CCC(c3cc(=O)[nH]c(N4CCCC4)n3)CC2)cn1.COc1ccc(CN2CCC(c3cc(=O)[nH]c(N4CCOCC4)n3)CC2)cc1.O=c1cc(C2CCN(Cc3ccc(F)cc3)CC2)nc(N2CCOCC2)[nH]1.[In][I]. The number of nitrogens with zero attached hydrogens (tertiary/aromatic N) is 10. The molecule has 0 bridgehead atoms. The van der Waals surface area contributed by atoms with Gasteiger partial charge in [-0.05, 0) is 144 Å². The maximum absolute atomic E-state index is 13.0. The third-order valence-electron chi connectivity index (χ3n) is 17.0. The molecule has 0 amide bonds. The molecule has 12 rings (SSSR count). The van der Waals surface area contributed by atoms with E-state index in [1.807, 2.05) is 30.5 Å². The second-order valence-electron chi connectivity index (χ2n) is 22.9. The predicted molar refractivity (Wildman–Crippen MR) is 348 cm³/mol. The van der Waals surface area contributed by atoms with Crippen molar-refractivity contribution in [2.45, 2.75) is 116 Å². The molecule has 19 nitrogen and oxygen atoms in total. The number of aromatic nitrogens is 7. The molecule has 0 aliphatic carbocycles. The zero-order valence-corrected chi connectivity index (χ0v) is 55.0. The van der Waals surface area contributed by atoms with Crippen molar-refractivity contribution in [1.29, 1.82) is 0 Å². The molecule has 86 heavy (non-hydrogen) atoms. The number of hydrogen-bond acceptors (Lipinski definition) is 16. The summed E-state index contributed by atoms with van der Waals surface area (Å²) in [7, 11) is 1.69. The summed E-state index contributed by atoms with van der Waals surface area (Å²) in [5, 5.41) is 0. The Hall–Kier alpha value is -5.24. The van der Waals surface area contributed by atoms with E-state index in [0.29, 0.717) is 56.1 Å². The van der Waals surface area contributed by atoms with E-state index in [0.717, 1.165) is 184 Å². The molecule has 6 aromatic rings. The van der Waals surface area contributed by atoms with Crippen molar-refractivity contribution in [3.63, 3.8) is 0 Å². The summed E-state index contributed by atoms with van der Waals surface area (Å²) in [6, 6.07) is 24.4. The van der Waals surface area contributed by atoms with Crippen LogP contribution >= 0.6 is 18.1 Å². The third kappa shape index (κ3) is 19.9. The number of rotatable bonds is 15. The number of anilines is 3. The number of methoxy groups -OCH3 is 1. The Kier molecular flexibility index (Phi) is 26.8. The van der Waals surface area contributed by atoms with Gasteiger partial charge in [-0.1, -0.05) is 51.1 Å². The summed E-state index contributed by atoms with van der Waals surface area (Å²) in [6.07, 6.45) is 12.7. The minimum atomic E-state index is -0.200. The Balaban J connectivity index is 0.000000164. The normalized spacial score (nSPS) is 18.4. The molecule has 22 heteroatoms. The van der Waals surface area contributed by atoms with Crippen molar-refractivity contribution in [2.24, 2.45) is 0 Å². The van der Waals surface area contributed by atoms with Crippen molar-refractivity contribution in [2.75, 3.05) is 127 Å². The van der Waals surface area contributed by atoms with Crippen LogP contribution in [0.4, 0.5) is 22.2 Å². The van der Waals surface area contributed by atoms with Gasteiger partial charge in [0.1, 0.15) is 11.6 Å². The second kappa shape index (κ2) is 34.5. The van der Waals surface area contributed by atoms with Crippen LogP contribution in [0.5, 0.6) is 5.75 Å². The van der Waals surface area contributed by atoms with E-state index in [9.17, 15) is 18.8 Å². The number of hydrogen-bond donors (Lipinski definition) is 3. The number of aryl methyl sites for hydroxylation is 1. The molecule has 0 spiro atoms. The van der Waals surface area contributed by atoms with Crippen LogP contribution in [0.2, 0.25) is 0 Å². The second-order valence-corrected chi connectivity index (χ2v) is 22.9. The van der Waals surface area contributed by atoms with Crippen LogP contribution in [0.25, 0.3) is 0 Å². The van der Waals surface area contributed by atoms with Gasteiger partial charge in [-0.15, -0.1) is 0 Å². The van der Waals surface area contributed by atoms with Crippen LogP contribution in [-0.4, -0.2) is 182 Å². The number of halogens is 2. The quantitative estimate of drug-likeness (QED) is 0.0829. The summed E-state index contributed by atoms with van der Waals surface area (Å²) in [4.78, 5) is 77.8. The van der Waals surface area contributed by atoms with Crippen LogP contribution in [-0.2, 0) is 35.5 Å². The van der Waals surface area contributed by atoms with Crippen LogP contribution in [0.1, 0.15) is 129 Å². The number of aromatic amines is 3. The number of nitrogens with one attached hydrogen (secondary N) is 3. The summed E-state index contributed by atoms with van der Waals surface area (Å²) in [5.41, 5.74) is 7.49. The van der Waals surface area contributed by atoms with Gasteiger partial charge in [-0.2, -0.15) is 0 Å². The number of H-pyrrole nitrogens is 3.